The van der Waals surface area contributed by atoms with Gasteiger partial charge < -0.3 is 20.1 Å². The maximum Gasteiger partial charge on any atom is 0.253 e. The number of amides is 1. The Hall–Kier alpha value is -4.07. The monoisotopic (exact) mass is 580 g/mol. The Balaban J connectivity index is 1.34. The lowest BCUT2D eigenvalue weighted by Gasteiger charge is -2.36. The molecule has 2 atom stereocenters. The molecule has 1 amide bonds. The fourth-order valence-corrected chi connectivity index (χ4v) is 5.67. The van der Waals surface area contributed by atoms with Crippen molar-refractivity contribution in [3.63, 3.8) is 0 Å². The highest BCUT2D eigenvalue weighted by Crippen LogP contribution is 2.25. The molecule has 11 nitrogen and oxygen atoms in total. The zero-order valence-corrected chi connectivity index (χ0v) is 23.3. The standard InChI is InChI=1S/C28H29FN6O5S/c1-17-15-35(16-18(2)40-17)27-9-21(29)8-26(34-27)24-4-3-19-12-31-22(10-25(19)33-24)13-32-28(37)20-7-23(14-30-11-20)41(38,39)6-5-36/h3-4,7-12,14,17-18,36H,5-6,13,15-16H2,1-2H3,(H,32,37)/t17-,18+. The topological polar surface area (TPSA) is 147 Å². The minimum Gasteiger partial charge on any atom is -0.395 e. The molecule has 0 bridgehead atoms. The second-order valence-corrected chi connectivity index (χ2v) is 12.0. The first-order chi connectivity index (χ1) is 19.6. The van der Waals surface area contributed by atoms with Gasteiger partial charge in [-0.2, -0.15) is 0 Å². The summed E-state index contributed by atoms with van der Waals surface area (Å²) in [5.74, 6) is -0.900. The molecular weight excluding hydrogens is 551 g/mol. The molecule has 0 unspecified atom stereocenters. The van der Waals surface area contributed by atoms with E-state index in [1.54, 1.807) is 18.3 Å². The van der Waals surface area contributed by atoms with Gasteiger partial charge in [0.25, 0.3) is 5.91 Å². The van der Waals surface area contributed by atoms with Crippen molar-refractivity contribution in [3.8, 4) is 11.4 Å². The molecule has 4 aromatic rings. The Kier molecular flexibility index (Phi) is 8.20. The Morgan fingerprint density at radius 3 is 2.61 bits per heavy atom. The molecule has 2 N–H and O–H groups in total. The number of fused-ring (bicyclic) bond motifs is 1. The third-order valence-corrected chi connectivity index (χ3v) is 8.20. The minimum absolute atomic E-state index is 0.00280. The minimum atomic E-state index is -3.75. The van der Waals surface area contributed by atoms with Gasteiger partial charge in [-0.3, -0.25) is 14.8 Å². The van der Waals surface area contributed by atoms with Crippen LogP contribution in [0, 0.1) is 5.82 Å². The number of carbonyl (C=O) groups excluding carboxylic acids is 1. The number of ether oxygens (including phenoxy) is 1. The summed E-state index contributed by atoms with van der Waals surface area (Å²) < 4.78 is 44.9. The number of nitrogens with zero attached hydrogens (tertiary/aromatic N) is 5. The van der Waals surface area contributed by atoms with Crippen molar-refractivity contribution in [1.82, 2.24) is 25.3 Å². The Bertz CT molecular complexity index is 1690. The van der Waals surface area contributed by atoms with Crippen LogP contribution in [0.4, 0.5) is 10.2 Å². The van der Waals surface area contributed by atoms with E-state index in [0.29, 0.717) is 41.5 Å². The predicted octanol–water partition coefficient (Wildman–Crippen LogP) is 2.54. The van der Waals surface area contributed by atoms with Crippen LogP contribution in [-0.2, 0) is 21.1 Å². The number of hydrogen-bond acceptors (Lipinski definition) is 10. The molecule has 13 heteroatoms. The molecule has 4 aromatic heterocycles. The quantitative estimate of drug-likeness (QED) is 0.319. The summed E-state index contributed by atoms with van der Waals surface area (Å²) in [5, 5.41) is 12.4. The summed E-state index contributed by atoms with van der Waals surface area (Å²) >= 11 is 0. The summed E-state index contributed by atoms with van der Waals surface area (Å²) in [4.78, 5) is 32.1. The van der Waals surface area contributed by atoms with E-state index < -0.39 is 33.9 Å². The van der Waals surface area contributed by atoms with E-state index in [1.807, 2.05) is 24.8 Å². The average Bonchev–Trinajstić information content (AvgIpc) is 2.94. The molecule has 0 aliphatic carbocycles. The van der Waals surface area contributed by atoms with Crippen LogP contribution in [-0.4, -0.2) is 77.0 Å². The molecule has 0 spiro atoms. The highest BCUT2D eigenvalue weighted by atomic mass is 32.2. The summed E-state index contributed by atoms with van der Waals surface area (Å²) in [6.07, 6.45) is 4.01. The van der Waals surface area contributed by atoms with Crippen LogP contribution >= 0.6 is 0 Å². The van der Waals surface area contributed by atoms with Gasteiger partial charge in [-0.25, -0.2) is 22.8 Å². The highest BCUT2D eigenvalue weighted by Gasteiger charge is 2.24. The fraction of sp³-hybridized carbons (Fsp3) is 0.321. The molecule has 214 valence electrons. The van der Waals surface area contributed by atoms with Crippen molar-refractivity contribution in [2.24, 2.45) is 0 Å². The van der Waals surface area contributed by atoms with E-state index in [1.165, 1.54) is 24.4 Å². The number of aliphatic hydroxyl groups is 1. The van der Waals surface area contributed by atoms with Gasteiger partial charge in [-0.15, -0.1) is 0 Å². The van der Waals surface area contributed by atoms with Gasteiger partial charge in [0.05, 0.1) is 64.2 Å². The van der Waals surface area contributed by atoms with Crippen molar-refractivity contribution < 1.29 is 27.4 Å². The maximum absolute atomic E-state index is 14.7. The first-order valence-electron chi connectivity index (χ1n) is 13.0. The van der Waals surface area contributed by atoms with Gasteiger partial charge in [0, 0.05) is 49.2 Å². The number of morpholine rings is 1. The largest absolute Gasteiger partial charge is 0.395 e. The van der Waals surface area contributed by atoms with Crippen molar-refractivity contribution in [2.75, 3.05) is 30.3 Å². The van der Waals surface area contributed by atoms with Crippen LogP contribution in [0.2, 0.25) is 0 Å². The van der Waals surface area contributed by atoms with E-state index in [-0.39, 0.29) is 29.2 Å². The zero-order chi connectivity index (χ0) is 29.1. The number of halogens is 1. The van der Waals surface area contributed by atoms with Gasteiger partial charge in [0.2, 0.25) is 0 Å². The lowest BCUT2D eigenvalue weighted by Crippen LogP contribution is -2.45. The second kappa shape index (κ2) is 11.8. The number of carbonyl (C=O) groups is 1. The fourth-order valence-electron chi connectivity index (χ4n) is 4.66. The highest BCUT2D eigenvalue weighted by molar-refractivity contribution is 7.91. The van der Waals surface area contributed by atoms with Gasteiger partial charge in [0.15, 0.2) is 9.84 Å². The summed E-state index contributed by atoms with van der Waals surface area (Å²) in [5.41, 5.74) is 2.03. The van der Waals surface area contributed by atoms with E-state index in [9.17, 15) is 17.6 Å². The number of hydrogen-bond donors (Lipinski definition) is 2. The molecule has 1 aliphatic rings. The molecule has 0 aromatic carbocycles. The first kappa shape index (κ1) is 28.5. The van der Waals surface area contributed by atoms with Crippen LogP contribution in [0.25, 0.3) is 22.3 Å². The summed E-state index contributed by atoms with van der Waals surface area (Å²) in [7, 11) is -3.75. The SMILES string of the molecule is C[C@@H]1CN(c2cc(F)cc(-c3ccc4cnc(CNC(=O)c5cncc(S(=O)(=O)CCO)c5)cc4n3)n2)C[C@H](C)O1. The van der Waals surface area contributed by atoms with Gasteiger partial charge in [-0.05, 0) is 38.1 Å². The van der Waals surface area contributed by atoms with Crippen molar-refractivity contribution in [3.05, 3.63) is 72.1 Å². The lowest BCUT2D eigenvalue weighted by atomic mass is 10.1. The smallest absolute Gasteiger partial charge is 0.253 e. The molecule has 1 fully saturated rings. The van der Waals surface area contributed by atoms with Gasteiger partial charge in [0.1, 0.15) is 11.6 Å². The molecule has 0 radical (unpaired) electrons. The lowest BCUT2D eigenvalue weighted by molar-refractivity contribution is -0.00547. The number of aromatic nitrogens is 4. The van der Waals surface area contributed by atoms with Crippen molar-refractivity contribution >= 4 is 32.5 Å². The van der Waals surface area contributed by atoms with Gasteiger partial charge >= 0.3 is 0 Å². The molecular formula is C28H29FN6O5S. The Labute approximate surface area is 236 Å². The molecule has 0 saturated carbocycles. The molecule has 1 aliphatic heterocycles. The van der Waals surface area contributed by atoms with Crippen molar-refractivity contribution in [1.29, 1.82) is 0 Å². The zero-order valence-electron chi connectivity index (χ0n) is 22.5. The van der Waals surface area contributed by atoms with E-state index in [0.717, 1.165) is 11.6 Å². The van der Waals surface area contributed by atoms with Crippen LogP contribution in [0.15, 0.2) is 59.9 Å². The second-order valence-electron chi connectivity index (χ2n) is 9.89. The van der Waals surface area contributed by atoms with Crippen LogP contribution < -0.4 is 10.2 Å². The molecule has 1 saturated heterocycles. The number of aliphatic hydroxyl groups excluding tert-OH is 1. The van der Waals surface area contributed by atoms with Crippen LogP contribution in [0.5, 0.6) is 0 Å². The third-order valence-electron chi connectivity index (χ3n) is 6.54. The van der Waals surface area contributed by atoms with Crippen molar-refractivity contribution in [2.45, 2.75) is 37.5 Å². The Morgan fingerprint density at radius 1 is 1.07 bits per heavy atom. The predicted molar refractivity (Wildman–Crippen MR) is 149 cm³/mol. The number of sulfone groups is 1. The number of nitrogens with one attached hydrogen (secondary N) is 1. The number of pyridine rings is 4. The maximum atomic E-state index is 14.7. The van der Waals surface area contributed by atoms with Crippen LogP contribution in [0.3, 0.4) is 0 Å². The average molecular weight is 581 g/mol. The summed E-state index contributed by atoms with van der Waals surface area (Å²) in [6, 6.07) is 9.26. The normalized spacial score (nSPS) is 17.5. The number of rotatable bonds is 8. The Morgan fingerprint density at radius 2 is 1.85 bits per heavy atom. The number of anilines is 1. The van der Waals surface area contributed by atoms with Gasteiger partial charge in [-0.1, -0.05) is 0 Å². The van der Waals surface area contributed by atoms with E-state index in [2.05, 4.69) is 25.3 Å². The van der Waals surface area contributed by atoms with E-state index in [4.69, 9.17) is 9.84 Å². The molecule has 5 rings (SSSR count). The first-order valence-corrected chi connectivity index (χ1v) is 14.7. The molecule has 41 heavy (non-hydrogen) atoms. The van der Waals surface area contributed by atoms with Crippen LogP contribution in [0.1, 0.15) is 29.9 Å². The summed E-state index contributed by atoms with van der Waals surface area (Å²) in [6.45, 7) is 4.66. The van der Waals surface area contributed by atoms with E-state index >= 15 is 0 Å². The third kappa shape index (κ3) is 6.64. The molecule has 5 heterocycles.